The van der Waals surface area contributed by atoms with E-state index in [1.54, 1.807) is 0 Å². The van der Waals surface area contributed by atoms with Gasteiger partial charge < -0.3 is 20.5 Å². The summed E-state index contributed by atoms with van der Waals surface area (Å²) < 4.78 is 18.7. The Kier molecular flexibility index (Phi) is 5.74. The second-order valence-corrected chi connectivity index (χ2v) is 5.78. The number of nitrogens with zero attached hydrogens (tertiary/aromatic N) is 1. The fraction of sp³-hybridized carbons (Fsp3) is 0.353. The quantitative estimate of drug-likeness (QED) is 0.774. The van der Waals surface area contributed by atoms with Crippen LogP contribution in [0.2, 0.25) is 0 Å². The van der Waals surface area contributed by atoms with E-state index in [-0.39, 0.29) is 11.6 Å². The predicted octanol–water partition coefficient (Wildman–Crippen LogP) is 2.54. The first-order valence-electron chi connectivity index (χ1n) is 7.82. The van der Waals surface area contributed by atoms with Crippen LogP contribution in [0.3, 0.4) is 0 Å². The zero-order valence-corrected chi connectivity index (χ0v) is 14.6. The number of hydrogen-bond donors (Lipinski definition) is 3. The molecule has 1 heterocycles. The monoisotopic (exact) mass is 348 g/mol. The number of hydrogen-bond acceptors (Lipinski definition) is 4. The van der Waals surface area contributed by atoms with Crippen molar-refractivity contribution in [3.63, 3.8) is 0 Å². The Hall–Kier alpha value is -2.90. The van der Waals surface area contributed by atoms with Crippen molar-refractivity contribution in [2.75, 3.05) is 12.4 Å². The zero-order chi connectivity index (χ0) is 18.6. The number of rotatable bonds is 5. The number of aryl methyl sites for hydroxylation is 2. The predicted molar refractivity (Wildman–Crippen MR) is 91.1 cm³/mol. The number of anilines is 1. The lowest BCUT2D eigenvalue weighted by Crippen LogP contribution is -2.37. The summed E-state index contributed by atoms with van der Waals surface area (Å²) >= 11 is 0. The maximum atomic E-state index is 13.6. The smallest absolute Gasteiger partial charge is 0.319 e. The van der Waals surface area contributed by atoms with E-state index in [4.69, 9.17) is 4.52 Å². The molecule has 0 aliphatic carbocycles. The van der Waals surface area contributed by atoms with Crippen LogP contribution in [0.25, 0.3) is 0 Å². The van der Waals surface area contributed by atoms with E-state index < -0.39 is 17.8 Å². The molecule has 0 bridgehead atoms. The van der Waals surface area contributed by atoms with Gasteiger partial charge in [-0.15, -0.1) is 0 Å². The van der Waals surface area contributed by atoms with E-state index in [0.717, 1.165) is 23.1 Å². The fourth-order valence-electron chi connectivity index (χ4n) is 2.45. The summed E-state index contributed by atoms with van der Waals surface area (Å²) in [6, 6.07) is 3.19. The molecule has 0 fully saturated rings. The van der Waals surface area contributed by atoms with Gasteiger partial charge in [0.2, 0.25) is 0 Å². The minimum absolute atomic E-state index is 0.135. The number of carbonyl (C=O) groups excluding carboxylic acids is 2. The van der Waals surface area contributed by atoms with Gasteiger partial charge in [-0.1, -0.05) is 5.16 Å². The Morgan fingerprint density at radius 1 is 1.32 bits per heavy atom. The van der Waals surface area contributed by atoms with E-state index >= 15 is 0 Å². The molecule has 25 heavy (non-hydrogen) atoms. The molecule has 2 aromatic rings. The Balaban J connectivity index is 1.99. The van der Waals surface area contributed by atoms with Gasteiger partial charge in [-0.3, -0.25) is 4.79 Å². The molecule has 134 valence electrons. The number of halogens is 1. The molecule has 7 nitrogen and oxygen atoms in total. The van der Waals surface area contributed by atoms with E-state index in [0.29, 0.717) is 12.1 Å². The van der Waals surface area contributed by atoms with Crippen LogP contribution in [-0.4, -0.2) is 30.2 Å². The highest BCUT2D eigenvalue weighted by Crippen LogP contribution is 2.16. The standard InChI is InChI=1S/C17H21FN4O3/c1-9(7-13-10(2)22-25-11(13)3)20-17(24)21-12-5-6-15(18)14(8-12)16(23)19-4/h5-6,8-9H,7H2,1-4H3,(H,19,23)(H2,20,21,24)/t9-/m1/s1. The molecule has 0 unspecified atom stereocenters. The number of urea groups is 1. The number of aromatic nitrogens is 1. The second-order valence-electron chi connectivity index (χ2n) is 5.78. The van der Waals surface area contributed by atoms with Crippen molar-refractivity contribution in [3.05, 3.63) is 46.6 Å². The maximum Gasteiger partial charge on any atom is 0.319 e. The number of benzene rings is 1. The number of amides is 3. The van der Waals surface area contributed by atoms with Crippen LogP contribution < -0.4 is 16.0 Å². The van der Waals surface area contributed by atoms with Gasteiger partial charge >= 0.3 is 6.03 Å². The molecule has 0 aliphatic rings. The van der Waals surface area contributed by atoms with Gasteiger partial charge in [0.1, 0.15) is 11.6 Å². The molecule has 0 radical (unpaired) electrons. The maximum absolute atomic E-state index is 13.6. The van der Waals surface area contributed by atoms with E-state index in [9.17, 15) is 14.0 Å². The summed E-state index contributed by atoms with van der Waals surface area (Å²) in [5, 5.41) is 11.6. The lowest BCUT2D eigenvalue weighted by molar-refractivity contribution is 0.0959. The molecule has 1 aromatic heterocycles. The molecule has 2 rings (SSSR count). The first-order chi connectivity index (χ1) is 11.8. The molecular formula is C17H21FN4O3. The third-order valence-electron chi connectivity index (χ3n) is 3.76. The highest BCUT2D eigenvalue weighted by atomic mass is 19.1. The third-order valence-corrected chi connectivity index (χ3v) is 3.76. The summed E-state index contributed by atoms with van der Waals surface area (Å²) in [6.07, 6.45) is 0.571. The van der Waals surface area contributed by atoms with Crippen molar-refractivity contribution in [2.24, 2.45) is 0 Å². The van der Waals surface area contributed by atoms with Gasteiger partial charge in [0.15, 0.2) is 0 Å². The zero-order valence-electron chi connectivity index (χ0n) is 14.6. The minimum Gasteiger partial charge on any atom is -0.361 e. The van der Waals surface area contributed by atoms with Crippen LogP contribution in [0.15, 0.2) is 22.7 Å². The Morgan fingerprint density at radius 3 is 2.64 bits per heavy atom. The first kappa shape index (κ1) is 18.4. The first-order valence-corrected chi connectivity index (χ1v) is 7.82. The van der Waals surface area contributed by atoms with Crippen LogP contribution in [0, 0.1) is 19.7 Å². The third kappa shape index (κ3) is 4.56. The Labute approximate surface area is 145 Å². The van der Waals surface area contributed by atoms with E-state index in [1.807, 2.05) is 20.8 Å². The van der Waals surface area contributed by atoms with E-state index in [2.05, 4.69) is 21.1 Å². The van der Waals surface area contributed by atoms with Gasteiger partial charge in [0.25, 0.3) is 5.91 Å². The summed E-state index contributed by atoms with van der Waals surface area (Å²) in [5.41, 5.74) is 1.93. The van der Waals surface area contributed by atoms with Crippen molar-refractivity contribution >= 4 is 17.6 Å². The van der Waals surface area contributed by atoms with Crippen molar-refractivity contribution in [3.8, 4) is 0 Å². The largest absolute Gasteiger partial charge is 0.361 e. The highest BCUT2D eigenvalue weighted by molar-refractivity contribution is 5.97. The molecular weight excluding hydrogens is 327 g/mol. The summed E-state index contributed by atoms with van der Waals surface area (Å²) in [7, 11) is 1.41. The van der Waals surface area contributed by atoms with Crippen LogP contribution in [0.4, 0.5) is 14.9 Å². The second kappa shape index (κ2) is 7.78. The molecule has 0 aliphatic heterocycles. The van der Waals surface area contributed by atoms with Crippen LogP contribution in [-0.2, 0) is 6.42 Å². The van der Waals surface area contributed by atoms with E-state index in [1.165, 1.54) is 19.2 Å². The van der Waals surface area contributed by atoms with Gasteiger partial charge in [-0.05, 0) is 45.4 Å². The number of nitrogens with one attached hydrogen (secondary N) is 3. The average Bonchev–Trinajstić information content (AvgIpc) is 2.87. The van der Waals surface area contributed by atoms with Crippen LogP contribution in [0.1, 0.15) is 34.3 Å². The minimum atomic E-state index is -0.655. The molecule has 0 saturated heterocycles. The summed E-state index contributed by atoms with van der Waals surface area (Å²) in [6.45, 7) is 5.52. The molecule has 1 aromatic carbocycles. The topological polar surface area (TPSA) is 96.3 Å². The molecule has 0 saturated carbocycles. The normalized spacial score (nSPS) is 11.7. The van der Waals surface area contributed by atoms with Crippen molar-refractivity contribution in [1.82, 2.24) is 15.8 Å². The van der Waals surface area contributed by atoms with Crippen LogP contribution in [0.5, 0.6) is 0 Å². The van der Waals surface area contributed by atoms with Crippen LogP contribution >= 0.6 is 0 Å². The SMILES string of the molecule is CNC(=O)c1cc(NC(=O)N[C@H](C)Cc2c(C)noc2C)ccc1F. The molecule has 8 heteroatoms. The molecule has 0 spiro atoms. The van der Waals surface area contributed by atoms with Gasteiger partial charge in [0, 0.05) is 24.3 Å². The Bertz CT molecular complexity index is 769. The average molecular weight is 348 g/mol. The van der Waals surface area contributed by atoms with Crippen molar-refractivity contribution < 1.29 is 18.5 Å². The number of carbonyl (C=O) groups is 2. The Morgan fingerprint density at radius 2 is 2.04 bits per heavy atom. The molecule has 3 N–H and O–H groups in total. The molecule has 1 atom stereocenters. The highest BCUT2D eigenvalue weighted by Gasteiger charge is 2.16. The van der Waals surface area contributed by atoms with Crippen molar-refractivity contribution in [2.45, 2.75) is 33.2 Å². The summed E-state index contributed by atoms with van der Waals surface area (Å²) in [4.78, 5) is 23.7. The lowest BCUT2D eigenvalue weighted by atomic mass is 10.1. The van der Waals surface area contributed by atoms with Gasteiger partial charge in [-0.2, -0.15) is 0 Å². The lowest BCUT2D eigenvalue weighted by Gasteiger charge is -2.15. The summed E-state index contributed by atoms with van der Waals surface area (Å²) in [5.74, 6) is -0.495. The van der Waals surface area contributed by atoms with Crippen molar-refractivity contribution in [1.29, 1.82) is 0 Å². The fourth-order valence-corrected chi connectivity index (χ4v) is 2.45. The van der Waals surface area contributed by atoms with Gasteiger partial charge in [0.05, 0.1) is 11.3 Å². The van der Waals surface area contributed by atoms with Gasteiger partial charge in [-0.25, -0.2) is 9.18 Å². The molecule has 3 amide bonds.